The molecule has 22 heavy (non-hydrogen) atoms. The number of nitrogens with zero attached hydrogens (tertiary/aromatic N) is 2. The van der Waals surface area contributed by atoms with E-state index in [0.29, 0.717) is 11.8 Å². The number of nitrogens with one attached hydrogen (secondary N) is 1. The van der Waals surface area contributed by atoms with Crippen molar-refractivity contribution in [1.29, 1.82) is 0 Å². The number of rotatable bonds is 6. The van der Waals surface area contributed by atoms with E-state index < -0.39 is 0 Å². The van der Waals surface area contributed by atoms with Crippen LogP contribution in [0.2, 0.25) is 0 Å². The van der Waals surface area contributed by atoms with Gasteiger partial charge in [-0.3, -0.25) is 4.99 Å². The first kappa shape index (κ1) is 16.8. The van der Waals surface area contributed by atoms with Crippen molar-refractivity contribution in [2.24, 2.45) is 10.9 Å². The summed E-state index contributed by atoms with van der Waals surface area (Å²) in [5, 5.41) is 3.53. The molecule has 4 nitrogen and oxygen atoms in total. The summed E-state index contributed by atoms with van der Waals surface area (Å²) < 4.78 is 5.46. The first-order valence-electron chi connectivity index (χ1n) is 8.29. The molecule has 2 rings (SSSR count). The van der Waals surface area contributed by atoms with Crippen LogP contribution in [0.1, 0.15) is 31.2 Å². The molecule has 1 heterocycles. The second kappa shape index (κ2) is 8.79. The lowest BCUT2D eigenvalue weighted by atomic mass is 9.96. The Labute approximate surface area is 134 Å². The number of hydrogen-bond acceptors (Lipinski definition) is 2. The number of benzene rings is 1. The maximum atomic E-state index is 5.46. The zero-order valence-corrected chi connectivity index (χ0v) is 14.1. The molecule has 0 radical (unpaired) electrons. The molecule has 0 amide bonds. The van der Waals surface area contributed by atoms with E-state index in [1.54, 1.807) is 0 Å². The third-order valence-electron chi connectivity index (χ3n) is 4.40. The van der Waals surface area contributed by atoms with E-state index in [1.807, 2.05) is 7.05 Å². The molecular weight excluding hydrogens is 274 g/mol. The molecule has 122 valence electrons. The van der Waals surface area contributed by atoms with E-state index in [1.165, 1.54) is 5.56 Å². The predicted octanol–water partition coefficient (Wildman–Crippen LogP) is 2.72. The maximum Gasteiger partial charge on any atom is 0.193 e. The molecule has 1 aromatic carbocycles. The van der Waals surface area contributed by atoms with Gasteiger partial charge in [0.15, 0.2) is 5.96 Å². The third-order valence-corrected chi connectivity index (χ3v) is 4.40. The first-order valence-corrected chi connectivity index (χ1v) is 8.29. The fourth-order valence-electron chi connectivity index (χ4n) is 3.02. The Morgan fingerprint density at radius 1 is 1.41 bits per heavy atom. The van der Waals surface area contributed by atoms with E-state index in [4.69, 9.17) is 4.74 Å². The highest BCUT2D eigenvalue weighted by molar-refractivity contribution is 5.79. The van der Waals surface area contributed by atoms with Gasteiger partial charge in [0.1, 0.15) is 0 Å². The average molecular weight is 303 g/mol. The second-order valence-corrected chi connectivity index (χ2v) is 6.05. The maximum absolute atomic E-state index is 5.46. The van der Waals surface area contributed by atoms with E-state index in [0.717, 1.165) is 45.1 Å². The number of guanidine groups is 1. The number of hydrogen-bond donors (Lipinski definition) is 1. The molecular formula is C18H29N3O. The summed E-state index contributed by atoms with van der Waals surface area (Å²) in [7, 11) is 3.96. The molecule has 2 unspecified atom stereocenters. The highest BCUT2D eigenvalue weighted by Crippen LogP contribution is 2.18. The van der Waals surface area contributed by atoms with Crippen LogP contribution in [0.4, 0.5) is 0 Å². The Morgan fingerprint density at radius 2 is 2.18 bits per heavy atom. The normalized spacial score (nSPS) is 20.0. The van der Waals surface area contributed by atoms with Gasteiger partial charge in [-0.2, -0.15) is 0 Å². The lowest BCUT2D eigenvalue weighted by Crippen LogP contribution is -2.42. The Balaban J connectivity index is 1.86. The zero-order chi connectivity index (χ0) is 15.8. The van der Waals surface area contributed by atoms with Crippen molar-refractivity contribution in [1.82, 2.24) is 10.2 Å². The topological polar surface area (TPSA) is 36.9 Å². The van der Waals surface area contributed by atoms with Crippen molar-refractivity contribution in [2.75, 3.05) is 40.4 Å². The largest absolute Gasteiger partial charge is 0.381 e. The minimum Gasteiger partial charge on any atom is -0.381 e. The molecule has 0 bridgehead atoms. The molecule has 1 fully saturated rings. The first-order chi connectivity index (χ1) is 10.7. The minimum atomic E-state index is 0.515. The number of ether oxygens (including phenoxy) is 1. The molecule has 1 aliphatic rings. The van der Waals surface area contributed by atoms with Gasteiger partial charge in [0.05, 0.1) is 6.61 Å². The van der Waals surface area contributed by atoms with Crippen LogP contribution in [-0.2, 0) is 4.74 Å². The molecule has 1 saturated heterocycles. The van der Waals surface area contributed by atoms with Gasteiger partial charge in [-0.1, -0.05) is 37.3 Å². The monoisotopic (exact) mass is 303 g/mol. The number of aliphatic imine (C=N–C) groups is 1. The highest BCUT2D eigenvalue weighted by Gasteiger charge is 2.19. The van der Waals surface area contributed by atoms with Gasteiger partial charge in [-0.25, -0.2) is 0 Å². The van der Waals surface area contributed by atoms with Crippen LogP contribution >= 0.6 is 0 Å². The Kier molecular flexibility index (Phi) is 6.72. The third kappa shape index (κ3) is 4.73. The van der Waals surface area contributed by atoms with Crippen molar-refractivity contribution in [3.8, 4) is 0 Å². The molecule has 1 aromatic rings. The smallest absolute Gasteiger partial charge is 0.193 e. The zero-order valence-electron chi connectivity index (χ0n) is 14.1. The lowest BCUT2D eigenvalue weighted by Gasteiger charge is -2.26. The lowest BCUT2D eigenvalue weighted by molar-refractivity contribution is 0.181. The van der Waals surface area contributed by atoms with E-state index in [2.05, 4.69) is 59.5 Å². The SMILES string of the molecule is CCC(CNC(=NC)N(C)CC1CCOC1)c1ccccc1. The van der Waals surface area contributed by atoms with Crippen LogP contribution < -0.4 is 5.32 Å². The van der Waals surface area contributed by atoms with E-state index >= 15 is 0 Å². The minimum absolute atomic E-state index is 0.515. The summed E-state index contributed by atoms with van der Waals surface area (Å²) in [6, 6.07) is 10.7. The highest BCUT2D eigenvalue weighted by atomic mass is 16.5. The van der Waals surface area contributed by atoms with Crippen LogP contribution in [0, 0.1) is 5.92 Å². The van der Waals surface area contributed by atoms with Gasteiger partial charge >= 0.3 is 0 Å². The molecule has 2 atom stereocenters. The summed E-state index contributed by atoms with van der Waals surface area (Å²) in [5.41, 5.74) is 1.39. The fraction of sp³-hybridized carbons (Fsp3) is 0.611. The van der Waals surface area contributed by atoms with E-state index in [9.17, 15) is 0 Å². The van der Waals surface area contributed by atoms with Crippen LogP contribution in [-0.4, -0.2) is 51.3 Å². The summed E-state index contributed by atoms with van der Waals surface area (Å²) in [6.45, 7) is 5.93. The van der Waals surface area contributed by atoms with Crippen molar-refractivity contribution in [3.05, 3.63) is 35.9 Å². The standard InChI is InChI=1S/C18H29N3O/c1-4-16(17-8-6-5-7-9-17)12-20-18(19-2)21(3)13-15-10-11-22-14-15/h5-9,15-16H,4,10-14H2,1-3H3,(H,19,20). The second-order valence-electron chi connectivity index (χ2n) is 6.05. The average Bonchev–Trinajstić information content (AvgIpc) is 3.05. The van der Waals surface area contributed by atoms with Crippen LogP contribution in [0.5, 0.6) is 0 Å². The Bertz CT molecular complexity index is 455. The molecule has 1 aliphatic heterocycles. The van der Waals surface area contributed by atoms with E-state index in [-0.39, 0.29) is 0 Å². The summed E-state index contributed by atoms with van der Waals surface area (Å²) in [6.07, 6.45) is 2.27. The van der Waals surface area contributed by atoms with Gasteiger partial charge in [-0.05, 0) is 18.4 Å². The summed E-state index contributed by atoms with van der Waals surface area (Å²) in [4.78, 5) is 6.64. The quantitative estimate of drug-likeness (QED) is 0.648. The predicted molar refractivity (Wildman–Crippen MR) is 92.4 cm³/mol. The van der Waals surface area contributed by atoms with Crippen molar-refractivity contribution < 1.29 is 4.74 Å². The van der Waals surface area contributed by atoms with Gasteiger partial charge in [0, 0.05) is 45.6 Å². The van der Waals surface area contributed by atoms with Gasteiger partial charge in [-0.15, -0.1) is 0 Å². The summed E-state index contributed by atoms with van der Waals surface area (Å²) in [5.74, 6) is 2.11. The molecule has 0 saturated carbocycles. The molecule has 1 N–H and O–H groups in total. The molecule has 4 heteroatoms. The summed E-state index contributed by atoms with van der Waals surface area (Å²) >= 11 is 0. The Morgan fingerprint density at radius 3 is 2.77 bits per heavy atom. The molecule has 0 aromatic heterocycles. The Hall–Kier alpha value is -1.55. The fourth-order valence-corrected chi connectivity index (χ4v) is 3.02. The van der Waals surface area contributed by atoms with Gasteiger partial charge in [0.2, 0.25) is 0 Å². The van der Waals surface area contributed by atoms with Crippen LogP contribution in [0.15, 0.2) is 35.3 Å². The van der Waals surface area contributed by atoms with Crippen molar-refractivity contribution >= 4 is 5.96 Å². The molecule has 0 spiro atoms. The van der Waals surface area contributed by atoms with Crippen LogP contribution in [0.25, 0.3) is 0 Å². The van der Waals surface area contributed by atoms with Crippen LogP contribution in [0.3, 0.4) is 0 Å². The van der Waals surface area contributed by atoms with Crippen molar-refractivity contribution in [2.45, 2.75) is 25.7 Å². The van der Waals surface area contributed by atoms with Gasteiger partial charge < -0.3 is 15.0 Å². The molecule has 0 aliphatic carbocycles. The van der Waals surface area contributed by atoms with Gasteiger partial charge in [0.25, 0.3) is 0 Å². The van der Waals surface area contributed by atoms with Crippen molar-refractivity contribution in [3.63, 3.8) is 0 Å².